The number of hydrogen-bond donors (Lipinski definition) is 0. The van der Waals surface area contributed by atoms with E-state index in [1.54, 1.807) is 12.1 Å². The highest BCUT2D eigenvalue weighted by Gasteiger charge is 2.36. The van der Waals surface area contributed by atoms with Gasteiger partial charge in [0.05, 0.1) is 5.56 Å². The van der Waals surface area contributed by atoms with Crippen molar-refractivity contribution in [1.29, 1.82) is 5.26 Å². The highest BCUT2D eigenvalue weighted by Crippen LogP contribution is 2.37. The first kappa shape index (κ1) is 19.2. The molecule has 0 saturated heterocycles. The van der Waals surface area contributed by atoms with Gasteiger partial charge < -0.3 is 4.74 Å². The van der Waals surface area contributed by atoms with Crippen LogP contribution in [0.1, 0.15) is 55.2 Å². The van der Waals surface area contributed by atoms with E-state index in [2.05, 4.69) is 11.7 Å². The molecule has 0 N–H and O–H groups in total. The van der Waals surface area contributed by atoms with E-state index in [0.717, 1.165) is 37.2 Å². The van der Waals surface area contributed by atoms with E-state index in [-0.39, 0.29) is 5.75 Å². The molecule has 27 heavy (non-hydrogen) atoms. The molecule has 0 bridgehead atoms. The van der Waals surface area contributed by atoms with Crippen molar-refractivity contribution in [2.24, 2.45) is 5.92 Å². The molecule has 0 aromatic heterocycles. The lowest BCUT2D eigenvalue weighted by molar-refractivity contribution is -0.185. The lowest BCUT2D eigenvalue weighted by Gasteiger charge is -2.26. The molecule has 1 aliphatic carbocycles. The van der Waals surface area contributed by atoms with Gasteiger partial charge in [-0.15, -0.1) is 0 Å². The second-order valence-corrected chi connectivity index (χ2v) is 7.07. The molecule has 3 rings (SSSR count). The average Bonchev–Trinajstić information content (AvgIpc) is 2.62. The molecule has 0 aliphatic heterocycles. The van der Waals surface area contributed by atoms with Crippen molar-refractivity contribution in [2.75, 3.05) is 0 Å². The maximum atomic E-state index is 14.3. The van der Waals surface area contributed by atoms with Gasteiger partial charge in [0.2, 0.25) is 0 Å². The van der Waals surface area contributed by atoms with Crippen LogP contribution in [0.4, 0.5) is 17.6 Å². The monoisotopic (exact) mass is 377 g/mol. The van der Waals surface area contributed by atoms with Crippen molar-refractivity contribution in [3.63, 3.8) is 0 Å². The van der Waals surface area contributed by atoms with Crippen molar-refractivity contribution in [3.05, 3.63) is 64.7 Å². The number of nitrogens with zero attached hydrogens (tertiary/aromatic N) is 1. The van der Waals surface area contributed by atoms with Crippen LogP contribution in [0.3, 0.4) is 0 Å². The zero-order valence-electron chi connectivity index (χ0n) is 14.8. The lowest BCUT2D eigenvalue weighted by Crippen LogP contribution is -2.22. The summed E-state index contributed by atoms with van der Waals surface area (Å²) in [6.45, 7) is 2.23. The lowest BCUT2D eigenvalue weighted by atomic mass is 9.79. The first-order valence-corrected chi connectivity index (χ1v) is 8.86. The Morgan fingerprint density at radius 1 is 1.00 bits per heavy atom. The van der Waals surface area contributed by atoms with E-state index in [1.807, 2.05) is 0 Å². The van der Waals surface area contributed by atoms with Gasteiger partial charge in [-0.1, -0.05) is 31.9 Å². The Balaban J connectivity index is 1.75. The Bertz CT molecular complexity index is 826. The first-order chi connectivity index (χ1) is 12.8. The summed E-state index contributed by atoms with van der Waals surface area (Å²) in [7, 11) is 0. The predicted octanol–water partition coefficient (Wildman–Crippen LogP) is 6.26. The molecule has 1 fully saturated rings. The second-order valence-electron chi connectivity index (χ2n) is 7.07. The van der Waals surface area contributed by atoms with Gasteiger partial charge in [0.15, 0.2) is 0 Å². The summed E-state index contributed by atoms with van der Waals surface area (Å²) in [5, 5.41) is 8.63. The summed E-state index contributed by atoms with van der Waals surface area (Å²) < 4.78 is 60.5. The maximum absolute atomic E-state index is 14.3. The van der Waals surface area contributed by atoms with Crippen LogP contribution in [0.25, 0.3) is 0 Å². The molecule has 142 valence electrons. The molecule has 2 aromatic carbocycles. The number of alkyl halides is 2. The third-order valence-electron chi connectivity index (χ3n) is 5.10. The first-order valence-electron chi connectivity index (χ1n) is 8.86. The van der Waals surface area contributed by atoms with Crippen molar-refractivity contribution in [2.45, 2.75) is 44.6 Å². The van der Waals surface area contributed by atoms with Gasteiger partial charge in [0, 0.05) is 0 Å². The number of hydrogen-bond acceptors (Lipinski definition) is 2. The molecule has 6 heteroatoms. The van der Waals surface area contributed by atoms with Gasteiger partial charge in [-0.05, 0) is 54.5 Å². The molecule has 0 amide bonds. The standard InChI is InChI=1S/C21H19F4NO/c1-13-2-4-14(5-3-13)15-6-8-17(9-7-15)27-21(24,25)16-10-19(22)18(12-26)20(23)11-16/h6-11,13-14H,2-5H2,1H3. The molecule has 0 heterocycles. The minimum Gasteiger partial charge on any atom is -0.429 e. The topological polar surface area (TPSA) is 33.0 Å². The summed E-state index contributed by atoms with van der Waals surface area (Å²) >= 11 is 0. The summed E-state index contributed by atoms with van der Waals surface area (Å²) in [6.07, 6.45) is 0.508. The van der Waals surface area contributed by atoms with Crippen LogP contribution in [0, 0.1) is 28.9 Å². The largest absolute Gasteiger partial charge is 0.429 e. The van der Waals surface area contributed by atoms with Crippen LogP contribution in [0.15, 0.2) is 36.4 Å². The Labute approximate surface area is 155 Å². The zero-order chi connectivity index (χ0) is 19.6. The third kappa shape index (κ3) is 4.24. The average molecular weight is 377 g/mol. The number of halogens is 4. The van der Waals surface area contributed by atoms with Crippen LogP contribution < -0.4 is 4.74 Å². The number of nitriles is 1. The summed E-state index contributed by atoms with van der Waals surface area (Å²) in [4.78, 5) is 0. The van der Waals surface area contributed by atoms with Gasteiger partial charge >= 0.3 is 6.11 Å². The van der Waals surface area contributed by atoms with Crippen LogP contribution in [0.5, 0.6) is 5.75 Å². The number of rotatable bonds is 4. The van der Waals surface area contributed by atoms with E-state index in [0.29, 0.717) is 18.1 Å². The number of benzene rings is 2. The summed E-state index contributed by atoms with van der Waals surface area (Å²) in [6, 6.07) is 8.52. The van der Waals surface area contributed by atoms with Crippen molar-refractivity contribution in [3.8, 4) is 11.8 Å². The van der Waals surface area contributed by atoms with E-state index >= 15 is 0 Å². The van der Waals surface area contributed by atoms with E-state index in [4.69, 9.17) is 5.26 Å². The Morgan fingerprint density at radius 2 is 1.56 bits per heavy atom. The fourth-order valence-corrected chi connectivity index (χ4v) is 3.46. The fourth-order valence-electron chi connectivity index (χ4n) is 3.46. The van der Waals surface area contributed by atoms with E-state index in [9.17, 15) is 17.6 Å². The van der Waals surface area contributed by atoms with Crippen LogP contribution in [0.2, 0.25) is 0 Å². The van der Waals surface area contributed by atoms with Crippen LogP contribution in [-0.4, -0.2) is 0 Å². The van der Waals surface area contributed by atoms with Crippen molar-refractivity contribution >= 4 is 0 Å². The minimum atomic E-state index is -3.93. The van der Waals surface area contributed by atoms with Crippen LogP contribution >= 0.6 is 0 Å². The maximum Gasteiger partial charge on any atom is 0.426 e. The molecule has 0 radical (unpaired) electrons. The Morgan fingerprint density at radius 3 is 2.07 bits per heavy atom. The van der Waals surface area contributed by atoms with Crippen molar-refractivity contribution in [1.82, 2.24) is 0 Å². The fraction of sp³-hybridized carbons (Fsp3) is 0.381. The quantitative estimate of drug-likeness (QED) is 0.589. The molecule has 1 aliphatic rings. The molecular formula is C21H19F4NO. The van der Waals surface area contributed by atoms with Gasteiger partial charge in [0.1, 0.15) is 29.0 Å². The summed E-state index contributed by atoms with van der Waals surface area (Å²) in [5.74, 6) is -1.67. The van der Waals surface area contributed by atoms with Gasteiger partial charge in [-0.3, -0.25) is 0 Å². The molecule has 0 unspecified atom stereocenters. The van der Waals surface area contributed by atoms with E-state index in [1.165, 1.54) is 18.2 Å². The predicted molar refractivity (Wildman–Crippen MR) is 92.4 cm³/mol. The smallest absolute Gasteiger partial charge is 0.426 e. The van der Waals surface area contributed by atoms with Gasteiger partial charge in [-0.2, -0.15) is 14.0 Å². The minimum absolute atomic E-state index is 0.0990. The van der Waals surface area contributed by atoms with Gasteiger partial charge in [-0.25, -0.2) is 8.78 Å². The normalized spacial score (nSPS) is 20.1. The van der Waals surface area contributed by atoms with Crippen LogP contribution in [-0.2, 0) is 6.11 Å². The molecule has 2 nitrogen and oxygen atoms in total. The second kappa shape index (κ2) is 7.59. The van der Waals surface area contributed by atoms with Crippen molar-refractivity contribution < 1.29 is 22.3 Å². The molecular weight excluding hydrogens is 358 g/mol. The van der Waals surface area contributed by atoms with Gasteiger partial charge in [0.25, 0.3) is 0 Å². The highest BCUT2D eigenvalue weighted by atomic mass is 19.3. The molecule has 0 atom stereocenters. The zero-order valence-corrected chi connectivity index (χ0v) is 14.8. The number of ether oxygens (including phenoxy) is 1. The SMILES string of the molecule is CC1CCC(c2ccc(OC(F)(F)c3cc(F)c(C#N)c(F)c3)cc2)CC1. The molecule has 0 spiro atoms. The molecule has 2 aromatic rings. The third-order valence-corrected chi connectivity index (χ3v) is 5.10. The van der Waals surface area contributed by atoms with E-state index < -0.39 is 28.9 Å². The molecule has 1 saturated carbocycles. The Hall–Kier alpha value is -2.55. The Kier molecular flexibility index (Phi) is 5.41. The highest BCUT2D eigenvalue weighted by molar-refractivity contribution is 5.37. The summed E-state index contributed by atoms with van der Waals surface area (Å²) in [5.41, 5.74) is -0.810.